The molecule has 25 heavy (non-hydrogen) atoms. The van der Waals surface area contributed by atoms with Crippen LogP contribution in [0.3, 0.4) is 0 Å². The molecule has 1 N–H and O–H groups in total. The van der Waals surface area contributed by atoms with Gasteiger partial charge < -0.3 is 15.1 Å². The minimum absolute atomic E-state index is 0. The van der Waals surface area contributed by atoms with E-state index in [1.54, 1.807) is 11.3 Å². The Balaban J connectivity index is 0.00000156. The van der Waals surface area contributed by atoms with E-state index >= 15 is 0 Å². The van der Waals surface area contributed by atoms with Gasteiger partial charge in [-0.1, -0.05) is 11.3 Å². The largest absolute Gasteiger partial charge is 0.349 e. The molecule has 1 saturated heterocycles. The zero-order valence-corrected chi connectivity index (χ0v) is 18.0. The zero-order chi connectivity index (χ0) is 16.4. The van der Waals surface area contributed by atoms with E-state index < -0.39 is 0 Å². The summed E-state index contributed by atoms with van der Waals surface area (Å²) < 4.78 is 1.13. The number of hydrogen-bond donors (Lipinski definition) is 1. The van der Waals surface area contributed by atoms with Gasteiger partial charge in [0.05, 0.1) is 9.58 Å². The zero-order valence-electron chi connectivity index (χ0n) is 14.8. The van der Waals surface area contributed by atoms with E-state index in [1.165, 1.54) is 11.3 Å². The molecule has 5 nitrogen and oxygen atoms in total. The van der Waals surface area contributed by atoms with Crippen molar-refractivity contribution in [2.75, 3.05) is 44.7 Å². The van der Waals surface area contributed by atoms with E-state index in [-0.39, 0.29) is 30.7 Å². The number of thiazole rings is 1. The summed E-state index contributed by atoms with van der Waals surface area (Å²) in [6.45, 7) is 8.93. The Kier molecular flexibility index (Phi) is 8.91. The van der Waals surface area contributed by atoms with Crippen LogP contribution in [0.5, 0.6) is 0 Å². The van der Waals surface area contributed by atoms with Gasteiger partial charge in [-0.05, 0) is 45.8 Å². The van der Waals surface area contributed by atoms with Crippen molar-refractivity contribution in [1.82, 2.24) is 15.2 Å². The first kappa shape index (κ1) is 22.4. The van der Waals surface area contributed by atoms with Crippen LogP contribution in [0.25, 0.3) is 9.53 Å². The van der Waals surface area contributed by atoms with Crippen molar-refractivity contribution in [3.63, 3.8) is 0 Å². The Labute approximate surface area is 169 Å². The van der Waals surface area contributed by atoms with Gasteiger partial charge >= 0.3 is 0 Å². The van der Waals surface area contributed by atoms with Crippen molar-refractivity contribution in [2.24, 2.45) is 5.92 Å². The molecule has 3 rings (SSSR count). The molecular formula is C16H26Cl2N4OS2. The van der Waals surface area contributed by atoms with E-state index in [1.807, 2.05) is 18.0 Å². The Morgan fingerprint density at radius 1 is 1.36 bits per heavy atom. The van der Waals surface area contributed by atoms with Crippen molar-refractivity contribution in [1.29, 1.82) is 0 Å². The predicted molar refractivity (Wildman–Crippen MR) is 113 cm³/mol. The molecule has 0 aromatic carbocycles. The molecular weight excluding hydrogens is 399 g/mol. The quantitative estimate of drug-likeness (QED) is 0.766. The third-order valence-electron chi connectivity index (χ3n) is 4.39. The lowest BCUT2D eigenvalue weighted by Crippen LogP contribution is -2.29. The van der Waals surface area contributed by atoms with Gasteiger partial charge in [-0.2, -0.15) is 0 Å². The maximum atomic E-state index is 12.7. The number of carbonyl (C=O) groups excluding carboxylic acids is 1. The van der Waals surface area contributed by atoms with Gasteiger partial charge in [0.25, 0.3) is 5.91 Å². The molecule has 1 aliphatic rings. The normalized spacial score (nSPS) is 16.6. The number of hydrogen-bond acceptors (Lipinski definition) is 6. The fourth-order valence-electron chi connectivity index (χ4n) is 3.09. The van der Waals surface area contributed by atoms with Crippen LogP contribution in [0.4, 0.5) is 5.13 Å². The molecule has 1 atom stereocenters. The summed E-state index contributed by atoms with van der Waals surface area (Å²) in [6.07, 6.45) is 1.09. The Bertz CT molecular complexity index is 655. The minimum Gasteiger partial charge on any atom is -0.349 e. The number of amides is 1. The van der Waals surface area contributed by atoms with Crippen LogP contribution in [0.1, 0.15) is 29.9 Å². The smallest absolute Gasteiger partial charge is 0.264 e. The van der Waals surface area contributed by atoms with E-state index in [2.05, 4.69) is 24.1 Å². The van der Waals surface area contributed by atoms with Gasteiger partial charge in [0.15, 0.2) is 5.13 Å². The third-order valence-corrected chi connectivity index (χ3v) is 6.60. The molecule has 9 heteroatoms. The van der Waals surface area contributed by atoms with Gasteiger partial charge in [-0.25, -0.2) is 4.98 Å². The Morgan fingerprint density at radius 2 is 2.08 bits per heavy atom. The first-order chi connectivity index (χ1) is 11.2. The molecule has 0 saturated carbocycles. The van der Waals surface area contributed by atoms with Gasteiger partial charge in [0, 0.05) is 26.2 Å². The van der Waals surface area contributed by atoms with E-state index in [9.17, 15) is 4.79 Å². The van der Waals surface area contributed by atoms with Gasteiger partial charge in [0.2, 0.25) is 0 Å². The second kappa shape index (κ2) is 9.92. The Hall–Kier alpha value is -0.600. The van der Waals surface area contributed by atoms with E-state index in [0.29, 0.717) is 5.92 Å². The average molecular weight is 425 g/mol. The van der Waals surface area contributed by atoms with Crippen LogP contribution < -0.4 is 10.2 Å². The summed E-state index contributed by atoms with van der Waals surface area (Å²) >= 11 is 3.22. The molecule has 0 radical (unpaired) electrons. The fourth-order valence-corrected chi connectivity index (χ4v) is 5.39. The second-order valence-corrected chi connectivity index (χ2v) is 7.95. The van der Waals surface area contributed by atoms with E-state index in [0.717, 1.165) is 58.7 Å². The van der Waals surface area contributed by atoms with Crippen molar-refractivity contribution >= 4 is 68.1 Å². The summed E-state index contributed by atoms with van der Waals surface area (Å²) in [5.74, 6) is 0.751. The number of thiophene rings is 1. The number of aromatic nitrogens is 1. The maximum Gasteiger partial charge on any atom is 0.264 e. The van der Waals surface area contributed by atoms with Crippen LogP contribution in [-0.2, 0) is 0 Å². The minimum atomic E-state index is 0. The fraction of sp³-hybridized carbons (Fsp3) is 0.625. The molecule has 142 valence electrons. The third kappa shape index (κ3) is 4.77. The lowest BCUT2D eigenvalue weighted by molar-refractivity contribution is 0.0792. The first-order valence-electron chi connectivity index (χ1n) is 8.25. The molecule has 0 aliphatic carbocycles. The molecule has 0 bridgehead atoms. The van der Waals surface area contributed by atoms with Crippen LogP contribution >= 0.6 is 47.5 Å². The molecule has 0 spiro atoms. The summed E-state index contributed by atoms with van der Waals surface area (Å²) in [4.78, 5) is 23.4. The Morgan fingerprint density at radius 3 is 2.68 bits per heavy atom. The van der Waals surface area contributed by atoms with Crippen molar-refractivity contribution in [2.45, 2.75) is 20.3 Å². The average Bonchev–Trinajstić information content (AvgIpc) is 3.22. The highest BCUT2D eigenvalue weighted by Crippen LogP contribution is 2.35. The van der Waals surface area contributed by atoms with Gasteiger partial charge in [0.1, 0.15) is 4.83 Å². The second-order valence-electron chi connectivity index (χ2n) is 5.91. The number of anilines is 1. The highest BCUT2D eigenvalue weighted by molar-refractivity contribution is 7.29. The standard InChI is InChI=1S/C16H24N4OS2.2ClH/c1-4-19(5-2)16-18-14-12(23-16)8-13(22-14)15(21)20-7-6-11(10-20)9-17-3;;/h8,11,17H,4-7,9-10H2,1-3H3;2*1H. The number of carbonyl (C=O) groups is 1. The first-order valence-corrected chi connectivity index (χ1v) is 9.88. The predicted octanol–water partition coefficient (Wildman–Crippen LogP) is 3.73. The van der Waals surface area contributed by atoms with Crippen LogP contribution in [0.2, 0.25) is 0 Å². The number of likely N-dealkylation sites (tertiary alicyclic amines) is 1. The summed E-state index contributed by atoms with van der Waals surface area (Å²) in [6, 6.07) is 2.03. The number of rotatable bonds is 6. The highest BCUT2D eigenvalue weighted by atomic mass is 35.5. The monoisotopic (exact) mass is 424 g/mol. The summed E-state index contributed by atoms with van der Waals surface area (Å²) in [7, 11) is 1.97. The summed E-state index contributed by atoms with van der Waals surface area (Å²) in [5, 5.41) is 4.27. The van der Waals surface area contributed by atoms with Gasteiger partial charge in [-0.15, -0.1) is 36.2 Å². The summed E-state index contributed by atoms with van der Waals surface area (Å²) in [5.41, 5.74) is 0. The van der Waals surface area contributed by atoms with Crippen LogP contribution in [-0.4, -0.2) is 55.6 Å². The van der Waals surface area contributed by atoms with Gasteiger partial charge in [-0.3, -0.25) is 4.79 Å². The highest BCUT2D eigenvalue weighted by Gasteiger charge is 2.28. The topological polar surface area (TPSA) is 48.5 Å². The van der Waals surface area contributed by atoms with E-state index in [4.69, 9.17) is 4.98 Å². The number of nitrogens with one attached hydrogen (secondary N) is 1. The lowest BCUT2D eigenvalue weighted by atomic mass is 10.1. The van der Waals surface area contributed by atoms with Crippen molar-refractivity contribution in [3.05, 3.63) is 10.9 Å². The molecule has 1 amide bonds. The number of nitrogens with zero attached hydrogens (tertiary/aromatic N) is 3. The molecule has 2 aromatic heterocycles. The lowest BCUT2D eigenvalue weighted by Gasteiger charge is -2.16. The molecule has 1 aliphatic heterocycles. The SMILES string of the molecule is CCN(CC)c1nc2sc(C(=O)N3CCC(CNC)C3)cc2s1.Cl.Cl. The van der Waals surface area contributed by atoms with Crippen LogP contribution in [0, 0.1) is 5.92 Å². The molecule has 1 unspecified atom stereocenters. The maximum absolute atomic E-state index is 12.7. The van der Waals surface area contributed by atoms with Crippen molar-refractivity contribution in [3.8, 4) is 0 Å². The number of halogens is 2. The number of fused-ring (bicyclic) bond motifs is 1. The van der Waals surface area contributed by atoms with Crippen LogP contribution in [0.15, 0.2) is 6.07 Å². The molecule has 2 aromatic rings. The van der Waals surface area contributed by atoms with Crippen molar-refractivity contribution < 1.29 is 4.79 Å². The molecule has 3 heterocycles. The molecule has 1 fully saturated rings.